The molecule has 1 fully saturated rings. The molecule has 0 bridgehead atoms. The lowest BCUT2D eigenvalue weighted by Gasteiger charge is -2.29. The van der Waals surface area contributed by atoms with Crippen LogP contribution in [-0.2, 0) is 11.8 Å². The first-order chi connectivity index (χ1) is 13.8. The number of hydrogen-bond acceptors (Lipinski definition) is 4. The van der Waals surface area contributed by atoms with Crippen LogP contribution in [0.15, 0.2) is 30.6 Å². The molecule has 2 atom stereocenters. The lowest BCUT2D eigenvalue weighted by molar-refractivity contribution is -0.127. The van der Waals surface area contributed by atoms with E-state index in [2.05, 4.69) is 21.2 Å². The van der Waals surface area contributed by atoms with Crippen molar-refractivity contribution >= 4 is 29.3 Å². The van der Waals surface area contributed by atoms with Gasteiger partial charge in [0.1, 0.15) is 5.69 Å². The van der Waals surface area contributed by atoms with Gasteiger partial charge in [0.05, 0.1) is 12.0 Å². The molecule has 0 aliphatic heterocycles. The quantitative estimate of drug-likeness (QED) is 0.662. The van der Waals surface area contributed by atoms with Gasteiger partial charge in [-0.25, -0.2) is 4.98 Å². The van der Waals surface area contributed by atoms with E-state index in [1.807, 2.05) is 0 Å². The number of imidazole rings is 1. The number of nitrogens with zero attached hydrogens (tertiary/aromatic N) is 2. The van der Waals surface area contributed by atoms with Crippen LogP contribution in [0, 0.1) is 12.8 Å². The highest BCUT2D eigenvalue weighted by molar-refractivity contribution is 6.30. The van der Waals surface area contributed by atoms with Gasteiger partial charge < -0.3 is 9.88 Å². The zero-order chi connectivity index (χ0) is 21.0. The summed E-state index contributed by atoms with van der Waals surface area (Å²) in [6, 6.07) is 6.63. The molecule has 3 rings (SSSR count). The minimum Gasteiger partial charge on any atom is -0.349 e. The first kappa shape index (κ1) is 20.9. The number of carbonyl (C=O) groups excluding carboxylic acids is 3. The highest BCUT2D eigenvalue weighted by Gasteiger charge is 2.29. The van der Waals surface area contributed by atoms with Crippen molar-refractivity contribution in [2.24, 2.45) is 13.0 Å². The molecular formula is C20H24ClN5O3. The number of aromatic nitrogens is 2. The summed E-state index contributed by atoms with van der Waals surface area (Å²) in [4.78, 5) is 41.3. The number of rotatable bonds is 4. The molecular weight excluding hydrogens is 394 g/mol. The number of carbonyl (C=O) groups is 3. The van der Waals surface area contributed by atoms with Crippen LogP contribution in [0.3, 0.4) is 0 Å². The molecule has 1 aliphatic rings. The van der Waals surface area contributed by atoms with Gasteiger partial charge >= 0.3 is 0 Å². The van der Waals surface area contributed by atoms with Crippen LogP contribution in [-0.4, -0.2) is 33.3 Å². The van der Waals surface area contributed by atoms with Crippen LogP contribution in [0.25, 0.3) is 0 Å². The van der Waals surface area contributed by atoms with Gasteiger partial charge in [0, 0.05) is 29.6 Å². The molecule has 0 radical (unpaired) electrons. The van der Waals surface area contributed by atoms with E-state index in [1.54, 1.807) is 49.1 Å². The third kappa shape index (κ3) is 5.14. The van der Waals surface area contributed by atoms with E-state index < -0.39 is 5.91 Å². The number of hydrogen-bond donors (Lipinski definition) is 3. The molecule has 3 N–H and O–H groups in total. The molecule has 3 amide bonds. The Bertz CT molecular complexity index is 907. The average Bonchev–Trinajstić information content (AvgIpc) is 3.04. The topological polar surface area (TPSA) is 105 Å². The molecule has 2 aromatic rings. The van der Waals surface area contributed by atoms with Crippen molar-refractivity contribution in [3.63, 3.8) is 0 Å². The normalized spacial score (nSPS) is 18.7. The molecule has 29 heavy (non-hydrogen) atoms. The predicted octanol–water partition coefficient (Wildman–Crippen LogP) is 2.13. The Morgan fingerprint density at radius 1 is 1.17 bits per heavy atom. The van der Waals surface area contributed by atoms with E-state index >= 15 is 0 Å². The third-order valence-corrected chi connectivity index (χ3v) is 5.34. The van der Waals surface area contributed by atoms with Crippen molar-refractivity contribution in [3.8, 4) is 0 Å². The standard InChI is InChI=1S/C20H24ClN5O3/c1-12-17(26(2)11-22-12)20(29)25-24-19(28)14-6-4-8-16(10-14)23-18(27)13-5-3-7-15(21)9-13/h3,5,7,9,11,14,16H,4,6,8,10H2,1-2H3,(H,23,27)(H,24,28)(H,25,29). The summed E-state index contributed by atoms with van der Waals surface area (Å²) in [5, 5.41) is 3.47. The van der Waals surface area contributed by atoms with Crippen LogP contribution in [0.4, 0.5) is 0 Å². The van der Waals surface area contributed by atoms with Gasteiger partial charge in [-0.15, -0.1) is 0 Å². The van der Waals surface area contributed by atoms with E-state index in [-0.39, 0.29) is 23.8 Å². The van der Waals surface area contributed by atoms with E-state index in [0.29, 0.717) is 34.8 Å². The maximum Gasteiger partial charge on any atom is 0.288 e. The SMILES string of the molecule is Cc1ncn(C)c1C(=O)NNC(=O)C1CCCC(NC(=O)c2cccc(Cl)c2)C1. The van der Waals surface area contributed by atoms with Gasteiger partial charge in [-0.3, -0.25) is 25.2 Å². The van der Waals surface area contributed by atoms with Crippen LogP contribution < -0.4 is 16.2 Å². The van der Waals surface area contributed by atoms with E-state index in [0.717, 1.165) is 12.8 Å². The minimum absolute atomic E-state index is 0.110. The van der Waals surface area contributed by atoms with Crippen LogP contribution in [0.2, 0.25) is 5.02 Å². The maximum atomic E-state index is 12.5. The molecule has 1 aromatic heterocycles. The summed E-state index contributed by atoms with van der Waals surface area (Å²) in [5.41, 5.74) is 6.41. The summed E-state index contributed by atoms with van der Waals surface area (Å²) in [6.07, 6.45) is 4.37. The van der Waals surface area contributed by atoms with Gasteiger partial charge in [-0.05, 0) is 44.4 Å². The van der Waals surface area contributed by atoms with E-state index in [1.165, 1.54) is 0 Å². The number of amides is 3. The van der Waals surface area contributed by atoms with Gasteiger partial charge in [-0.1, -0.05) is 24.1 Å². The van der Waals surface area contributed by atoms with Gasteiger partial charge in [0.15, 0.2) is 0 Å². The maximum absolute atomic E-state index is 12.5. The second-order valence-corrected chi connectivity index (χ2v) is 7.71. The molecule has 9 heteroatoms. The molecule has 1 aliphatic carbocycles. The molecule has 1 aromatic carbocycles. The van der Waals surface area contributed by atoms with Crippen molar-refractivity contribution in [2.75, 3.05) is 0 Å². The van der Waals surface area contributed by atoms with Crippen LogP contribution >= 0.6 is 11.6 Å². The Kier molecular flexibility index (Phi) is 6.53. The Labute approximate surface area is 174 Å². The highest BCUT2D eigenvalue weighted by atomic mass is 35.5. The molecule has 0 saturated heterocycles. The molecule has 0 spiro atoms. The summed E-state index contributed by atoms with van der Waals surface area (Å²) in [6.45, 7) is 1.73. The molecule has 2 unspecified atom stereocenters. The van der Waals surface area contributed by atoms with Crippen molar-refractivity contribution in [1.82, 2.24) is 25.7 Å². The fourth-order valence-electron chi connectivity index (χ4n) is 3.61. The third-order valence-electron chi connectivity index (χ3n) is 5.10. The van der Waals surface area contributed by atoms with Crippen LogP contribution in [0.5, 0.6) is 0 Å². The Morgan fingerprint density at radius 3 is 2.66 bits per heavy atom. The van der Waals surface area contributed by atoms with Crippen LogP contribution in [0.1, 0.15) is 52.2 Å². The van der Waals surface area contributed by atoms with Crippen molar-refractivity contribution in [3.05, 3.63) is 52.6 Å². The zero-order valence-electron chi connectivity index (χ0n) is 16.4. The number of benzene rings is 1. The van der Waals surface area contributed by atoms with Gasteiger partial charge in [0.2, 0.25) is 5.91 Å². The fraction of sp³-hybridized carbons (Fsp3) is 0.400. The molecule has 154 valence electrons. The first-order valence-corrected chi connectivity index (χ1v) is 9.87. The summed E-state index contributed by atoms with van der Waals surface area (Å²) in [7, 11) is 1.71. The summed E-state index contributed by atoms with van der Waals surface area (Å²) < 4.78 is 1.60. The number of hydrazine groups is 1. The molecule has 1 heterocycles. The fourth-order valence-corrected chi connectivity index (χ4v) is 3.80. The number of nitrogens with one attached hydrogen (secondary N) is 3. The van der Waals surface area contributed by atoms with Gasteiger partial charge in [-0.2, -0.15) is 0 Å². The van der Waals surface area contributed by atoms with Crippen molar-refractivity contribution in [2.45, 2.75) is 38.6 Å². The summed E-state index contributed by atoms with van der Waals surface area (Å²) in [5.74, 6) is -1.18. The molecule has 8 nitrogen and oxygen atoms in total. The van der Waals surface area contributed by atoms with E-state index in [4.69, 9.17) is 11.6 Å². The number of aryl methyl sites for hydroxylation is 2. The lowest BCUT2D eigenvalue weighted by Crippen LogP contribution is -2.48. The second kappa shape index (κ2) is 9.09. The summed E-state index contributed by atoms with van der Waals surface area (Å²) >= 11 is 5.94. The number of halogens is 1. The largest absolute Gasteiger partial charge is 0.349 e. The smallest absolute Gasteiger partial charge is 0.288 e. The van der Waals surface area contributed by atoms with Gasteiger partial charge in [0.25, 0.3) is 11.8 Å². The Balaban J connectivity index is 1.52. The Morgan fingerprint density at radius 2 is 1.97 bits per heavy atom. The van der Waals surface area contributed by atoms with Crippen molar-refractivity contribution in [1.29, 1.82) is 0 Å². The predicted molar refractivity (Wildman–Crippen MR) is 108 cm³/mol. The zero-order valence-corrected chi connectivity index (χ0v) is 17.1. The van der Waals surface area contributed by atoms with E-state index in [9.17, 15) is 14.4 Å². The monoisotopic (exact) mass is 417 g/mol. The minimum atomic E-state index is -0.419. The Hall–Kier alpha value is -2.87. The highest BCUT2D eigenvalue weighted by Crippen LogP contribution is 2.25. The first-order valence-electron chi connectivity index (χ1n) is 9.49. The lowest BCUT2D eigenvalue weighted by atomic mass is 9.85. The van der Waals surface area contributed by atoms with Crippen molar-refractivity contribution < 1.29 is 14.4 Å². The average molecular weight is 418 g/mol. The molecule has 1 saturated carbocycles. The second-order valence-electron chi connectivity index (χ2n) is 7.28.